The van der Waals surface area contributed by atoms with E-state index in [9.17, 15) is 9.90 Å². The highest BCUT2D eigenvalue weighted by Gasteiger charge is 2.60. The van der Waals surface area contributed by atoms with Crippen molar-refractivity contribution in [3.8, 4) is 0 Å². The molecular formula is C36H60O6. The lowest BCUT2D eigenvalue weighted by atomic mass is 9.47. The molecule has 0 spiro atoms. The van der Waals surface area contributed by atoms with Crippen molar-refractivity contribution >= 4 is 5.97 Å². The number of unbranched alkanes of at least 4 members (excludes halogenated alkanes) is 4. The number of allylic oxidation sites excluding steroid dienone is 1. The number of hydrogen-bond donors (Lipinski definition) is 1. The van der Waals surface area contributed by atoms with Crippen molar-refractivity contribution in [2.24, 2.45) is 17.3 Å². The second-order valence-corrected chi connectivity index (χ2v) is 15.1. The fraction of sp³-hybridized carbons (Fsp3) is 0.917. The molecule has 6 aliphatic rings. The maximum atomic E-state index is 12.3. The number of carbonyl (C=O) groups is 1. The summed E-state index contributed by atoms with van der Waals surface area (Å²) in [6, 6.07) is 0. The summed E-state index contributed by atoms with van der Waals surface area (Å²) in [7, 11) is 0. The summed E-state index contributed by atoms with van der Waals surface area (Å²) in [6.45, 7) is 9.49. The summed E-state index contributed by atoms with van der Waals surface area (Å²) in [5.41, 5.74) is 0.350. The van der Waals surface area contributed by atoms with Crippen molar-refractivity contribution in [2.45, 2.75) is 166 Å². The van der Waals surface area contributed by atoms with E-state index in [4.69, 9.17) is 18.9 Å². The summed E-state index contributed by atoms with van der Waals surface area (Å²) in [5, 5.41) is 10.1. The Kier molecular flexibility index (Phi) is 10.7. The van der Waals surface area contributed by atoms with Crippen LogP contribution in [0.15, 0.2) is 11.3 Å². The van der Waals surface area contributed by atoms with E-state index < -0.39 is 5.97 Å². The average molecular weight is 589 g/mol. The van der Waals surface area contributed by atoms with E-state index in [1.54, 1.807) is 6.92 Å². The first kappa shape index (κ1) is 32.3. The van der Waals surface area contributed by atoms with Crippen LogP contribution in [0.1, 0.15) is 149 Å². The van der Waals surface area contributed by atoms with Gasteiger partial charge in [-0.05, 0) is 121 Å². The van der Waals surface area contributed by atoms with Crippen LogP contribution in [0.3, 0.4) is 0 Å². The SMILES string of the molecule is CCCCC1(CCCCOC(=C(C)C(=O)O)C23CC4CC(CC(OCCCCC5(CCCC)CCO5)(C4)C2)C3)CCO1. The minimum atomic E-state index is -0.840. The summed E-state index contributed by atoms with van der Waals surface area (Å²) in [4.78, 5) is 12.3. The number of aliphatic carboxylic acids is 1. The first-order valence-corrected chi connectivity index (χ1v) is 17.8. The fourth-order valence-electron chi connectivity index (χ4n) is 9.75. The minimum Gasteiger partial charge on any atom is -0.497 e. The van der Waals surface area contributed by atoms with Crippen LogP contribution in [-0.4, -0.2) is 54.3 Å². The number of rotatable bonds is 20. The van der Waals surface area contributed by atoms with Gasteiger partial charge in [-0.25, -0.2) is 4.79 Å². The normalized spacial score (nSPS) is 37.2. The zero-order valence-corrected chi connectivity index (χ0v) is 27.1. The summed E-state index contributed by atoms with van der Waals surface area (Å²) < 4.78 is 25.5. The zero-order valence-electron chi connectivity index (χ0n) is 27.1. The quantitative estimate of drug-likeness (QED) is 0.0871. The second-order valence-electron chi connectivity index (χ2n) is 15.1. The van der Waals surface area contributed by atoms with Crippen LogP contribution in [0.5, 0.6) is 0 Å². The van der Waals surface area contributed by atoms with Crippen LogP contribution in [0, 0.1) is 17.3 Å². The number of carboxylic acids is 1. The van der Waals surface area contributed by atoms with Gasteiger partial charge in [0.15, 0.2) is 0 Å². The highest BCUT2D eigenvalue weighted by molar-refractivity contribution is 5.86. The molecule has 0 aromatic heterocycles. The van der Waals surface area contributed by atoms with Gasteiger partial charge in [-0.15, -0.1) is 0 Å². The van der Waals surface area contributed by atoms with Gasteiger partial charge in [0.25, 0.3) is 0 Å². The van der Waals surface area contributed by atoms with E-state index in [-0.39, 0.29) is 22.2 Å². The predicted octanol–water partition coefficient (Wildman–Crippen LogP) is 8.76. The Balaban J connectivity index is 1.16. The third kappa shape index (κ3) is 7.23. The van der Waals surface area contributed by atoms with Gasteiger partial charge in [0.2, 0.25) is 0 Å². The lowest BCUT2D eigenvalue weighted by Crippen LogP contribution is -2.58. The van der Waals surface area contributed by atoms with E-state index >= 15 is 0 Å². The molecule has 6 heteroatoms. The molecule has 0 amide bonds. The lowest BCUT2D eigenvalue weighted by Gasteiger charge is -2.62. The van der Waals surface area contributed by atoms with Gasteiger partial charge in [0, 0.05) is 12.0 Å². The Hall–Kier alpha value is -1.11. The van der Waals surface area contributed by atoms with Crippen LogP contribution in [-0.2, 0) is 23.7 Å². The standard InChI is InChI=1S/C36H60O6/c1-4-6-12-34(16-20-41-34)14-8-10-18-39-31(28(3)32(37)38)33-23-29-22-30(24-33)26-36(25-29,27-33)40-19-11-9-15-35(13-7-5-2)17-21-42-35/h29-30H,4-27H2,1-3H3,(H,37,38). The highest BCUT2D eigenvalue weighted by Crippen LogP contribution is 2.65. The third-order valence-corrected chi connectivity index (χ3v) is 11.8. The van der Waals surface area contributed by atoms with Gasteiger partial charge in [0.1, 0.15) is 5.76 Å². The molecule has 6 fully saturated rings. The van der Waals surface area contributed by atoms with Crippen molar-refractivity contribution in [2.75, 3.05) is 26.4 Å². The molecule has 0 aromatic carbocycles. The molecule has 2 saturated heterocycles. The zero-order chi connectivity index (χ0) is 29.7. The van der Waals surface area contributed by atoms with Crippen molar-refractivity contribution in [1.29, 1.82) is 0 Å². The molecule has 4 atom stereocenters. The van der Waals surface area contributed by atoms with Gasteiger partial charge in [-0.1, -0.05) is 39.5 Å². The van der Waals surface area contributed by atoms with E-state index in [0.29, 0.717) is 24.0 Å². The molecule has 4 unspecified atom stereocenters. The van der Waals surface area contributed by atoms with Gasteiger partial charge in [-0.3, -0.25) is 0 Å². The Morgan fingerprint density at radius 1 is 0.786 bits per heavy atom. The minimum absolute atomic E-state index is 0.0936. The monoisotopic (exact) mass is 588 g/mol. The molecule has 4 saturated carbocycles. The Morgan fingerprint density at radius 2 is 1.31 bits per heavy atom. The van der Waals surface area contributed by atoms with E-state index in [1.807, 2.05) is 0 Å². The maximum absolute atomic E-state index is 12.3. The lowest BCUT2D eigenvalue weighted by molar-refractivity contribution is -0.194. The molecule has 2 aliphatic heterocycles. The van der Waals surface area contributed by atoms with Crippen molar-refractivity contribution in [1.82, 2.24) is 0 Å². The molecule has 2 heterocycles. The molecule has 4 aliphatic carbocycles. The van der Waals surface area contributed by atoms with Crippen LogP contribution in [0.25, 0.3) is 0 Å². The first-order chi connectivity index (χ1) is 20.3. The van der Waals surface area contributed by atoms with E-state index in [1.165, 1.54) is 51.4 Å². The molecule has 4 bridgehead atoms. The third-order valence-electron chi connectivity index (χ3n) is 11.8. The smallest absolute Gasteiger partial charge is 0.334 e. The maximum Gasteiger partial charge on any atom is 0.334 e. The number of hydrogen-bond acceptors (Lipinski definition) is 5. The Bertz CT molecular complexity index is 917. The van der Waals surface area contributed by atoms with E-state index in [0.717, 1.165) is 103 Å². The molecule has 240 valence electrons. The largest absolute Gasteiger partial charge is 0.497 e. The molecule has 6 rings (SSSR count). The second kappa shape index (κ2) is 13.9. The fourth-order valence-corrected chi connectivity index (χ4v) is 9.75. The molecular weight excluding hydrogens is 528 g/mol. The van der Waals surface area contributed by atoms with Crippen LogP contribution in [0.4, 0.5) is 0 Å². The van der Waals surface area contributed by atoms with Crippen molar-refractivity contribution in [3.05, 3.63) is 11.3 Å². The molecule has 1 N–H and O–H groups in total. The topological polar surface area (TPSA) is 74.2 Å². The summed E-state index contributed by atoms with van der Waals surface area (Å²) >= 11 is 0. The number of carboxylic acid groups (broad SMARTS) is 1. The van der Waals surface area contributed by atoms with Gasteiger partial charge < -0.3 is 24.1 Å². The summed E-state index contributed by atoms with van der Waals surface area (Å²) in [6.07, 6.45) is 22.8. The Labute approximate surface area is 255 Å². The van der Waals surface area contributed by atoms with Crippen LogP contribution >= 0.6 is 0 Å². The number of ether oxygens (including phenoxy) is 4. The highest BCUT2D eigenvalue weighted by atomic mass is 16.5. The van der Waals surface area contributed by atoms with Crippen LogP contribution < -0.4 is 0 Å². The predicted molar refractivity (Wildman–Crippen MR) is 165 cm³/mol. The molecule has 42 heavy (non-hydrogen) atoms. The molecule has 0 aromatic rings. The molecule has 0 radical (unpaired) electrons. The van der Waals surface area contributed by atoms with Gasteiger partial charge in [0.05, 0.1) is 42.2 Å². The summed E-state index contributed by atoms with van der Waals surface area (Å²) in [5.74, 6) is 1.16. The average Bonchev–Trinajstić information content (AvgIpc) is 2.90. The van der Waals surface area contributed by atoms with Crippen LogP contribution in [0.2, 0.25) is 0 Å². The van der Waals surface area contributed by atoms with Crippen molar-refractivity contribution in [3.63, 3.8) is 0 Å². The van der Waals surface area contributed by atoms with Gasteiger partial charge >= 0.3 is 5.97 Å². The van der Waals surface area contributed by atoms with Gasteiger partial charge in [-0.2, -0.15) is 0 Å². The van der Waals surface area contributed by atoms with E-state index in [2.05, 4.69) is 13.8 Å². The first-order valence-electron chi connectivity index (χ1n) is 17.8. The van der Waals surface area contributed by atoms with Crippen molar-refractivity contribution < 1.29 is 28.8 Å². The Morgan fingerprint density at radius 3 is 1.79 bits per heavy atom. The molecule has 6 nitrogen and oxygen atoms in total.